The Bertz CT molecular complexity index is 1560. The van der Waals surface area contributed by atoms with Gasteiger partial charge in [-0.25, -0.2) is 0 Å². The lowest BCUT2D eigenvalue weighted by atomic mass is 9.95. The first-order valence-corrected chi connectivity index (χ1v) is 11.5. The van der Waals surface area contributed by atoms with Crippen molar-refractivity contribution in [3.63, 3.8) is 0 Å². The number of hydrazone groups is 1. The molecule has 34 heavy (non-hydrogen) atoms. The molecule has 2 N–H and O–H groups in total. The fourth-order valence-electron chi connectivity index (χ4n) is 4.35. The number of carbonyl (C=O) groups excluding carboxylic acids is 2. The summed E-state index contributed by atoms with van der Waals surface area (Å²) in [6.45, 7) is 0. The lowest BCUT2D eigenvalue weighted by molar-refractivity contribution is -0.135. The number of aromatic nitrogens is 2. The van der Waals surface area contributed by atoms with Gasteiger partial charge in [0, 0.05) is 49.8 Å². The molecule has 1 aliphatic heterocycles. The van der Waals surface area contributed by atoms with Crippen LogP contribution >= 0.6 is 15.9 Å². The minimum Gasteiger partial charge on any atom is -0.361 e. The number of carbonyl (C=O) groups is 2. The highest BCUT2D eigenvalue weighted by atomic mass is 79.9. The number of nitrogens with zero attached hydrogens (tertiary/aromatic N) is 2. The smallest absolute Gasteiger partial charge is 0.283 e. The van der Waals surface area contributed by atoms with Crippen molar-refractivity contribution in [3.05, 3.63) is 106 Å². The van der Waals surface area contributed by atoms with Gasteiger partial charge in [0.2, 0.25) is 0 Å². The molecule has 2 amide bonds. The number of halogens is 1. The number of rotatable bonds is 4. The molecule has 0 spiro atoms. The number of nitrogens with one attached hydrogen (secondary N) is 2. The predicted molar refractivity (Wildman–Crippen MR) is 137 cm³/mol. The number of para-hydroxylation sites is 2. The van der Waals surface area contributed by atoms with Crippen molar-refractivity contribution in [2.45, 2.75) is 0 Å². The van der Waals surface area contributed by atoms with Crippen LogP contribution in [0.1, 0.15) is 16.7 Å². The molecule has 0 unspecified atom stereocenters. The first-order chi connectivity index (χ1) is 16.6. The molecule has 0 saturated carbocycles. The Morgan fingerprint density at radius 2 is 1.21 bits per heavy atom. The zero-order valence-corrected chi connectivity index (χ0v) is 19.3. The second-order valence-corrected chi connectivity index (χ2v) is 8.88. The molecule has 0 radical (unpaired) electrons. The van der Waals surface area contributed by atoms with Gasteiger partial charge in [-0.3, -0.25) is 9.59 Å². The average molecular weight is 509 g/mol. The first kappa shape index (κ1) is 20.4. The summed E-state index contributed by atoms with van der Waals surface area (Å²) in [6.07, 6.45) is 5.08. The van der Waals surface area contributed by atoms with E-state index in [1.807, 2.05) is 72.8 Å². The number of imide groups is 1. The van der Waals surface area contributed by atoms with Crippen molar-refractivity contribution in [1.29, 1.82) is 0 Å². The quantitative estimate of drug-likeness (QED) is 0.240. The van der Waals surface area contributed by atoms with E-state index < -0.39 is 11.8 Å². The second-order valence-electron chi connectivity index (χ2n) is 7.96. The van der Waals surface area contributed by atoms with Gasteiger partial charge in [0.15, 0.2) is 0 Å². The summed E-state index contributed by atoms with van der Waals surface area (Å²) in [6, 6.07) is 22.9. The summed E-state index contributed by atoms with van der Waals surface area (Å²) in [4.78, 5) is 33.8. The number of amides is 2. The van der Waals surface area contributed by atoms with Crippen LogP contribution in [-0.2, 0) is 9.59 Å². The zero-order valence-electron chi connectivity index (χ0n) is 17.7. The number of H-pyrrole nitrogens is 2. The van der Waals surface area contributed by atoms with Crippen LogP contribution in [0.3, 0.4) is 0 Å². The van der Waals surface area contributed by atoms with Gasteiger partial charge in [-0.1, -0.05) is 64.5 Å². The minimum atomic E-state index is -0.455. The normalized spacial score (nSPS) is 14.4. The standard InChI is InChI=1S/C27H17BrN4O2/c28-17-11-9-16(10-12-17)13-31-32-26(33)24(20-14-29-22-7-3-1-5-18(20)22)25(27(32)34)21-15-30-23-8-4-2-6-19(21)23/h1-15,29-30H/b31-13+. The third-order valence-electron chi connectivity index (χ3n) is 5.97. The molecule has 2 aromatic heterocycles. The van der Waals surface area contributed by atoms with E-state index in [9.17, 15) is 9.59 Å². The predicted octanol–water partition coefficient (Wildman–Crippen LogP) is 5.73. The van der Waals surface area contributed by atoms with Crippen molar-refractivity contribution in [2.24, 2.45) is 5.10 Å². The maximum atomic E-state index is 13.7. The highest BCUT2D eigenvalue weighted by Crippen LogP contribution is 2.40. The van der Waals surface area contributed by atoms with E-state index in [2.05, 4.69) is 31.0 Å². The van der Waals surface area contributed by atoms with Crippen LogP contribution in [0, 0.1) is 0 Å². The Balaban J connectivity index is 1.53. The van der Waals surface area contributed by atoms with Gasteiger partial charge in [0.25, 0.3) is 11.8 Å². The van der Waals surface area contributed by atoms with Gasteiger partial charge in [-0.05, 0) is 29.8 Å². The molecule has 5 aromatic rings. The van der Waals surface area contributed by atoms with E-state index in [1.54, 1.807) is 12.4 Å². The van der Waals surface area contributed by atoms with Gasteiger partial charge in [-0.15, -0.1) is 0 Å². The second kappa shape index (κ2) is 7.97. The summed E-state index contributed by atoms with van der Waals surface area (Å²) in [7, 11) is 0. The molecule has 3 aromatic carbocycles. The number of hydrogen-bond acceptors (Lipinski definition) is 3. The van der Waals surface area contributed by atoms with E-state index in [-0.39, 0.29) is 0 Å². The van der Waals surface area contributed by atoms with Gasteiger partial charge in [0.1, 0.15) is 0 Å². The molecule has 6 nitrogen and oxygen atoms in total. The van der Waals surface area contributed by atoms with E-state index in [1.165, 1.54) is 6.21 Å². The van der Waals surface area contributed by atoms with Crippen LogP contribution in [0.5, 0.6) is 0 Å². The zero-order chi connectivity index (χ0) is 23.2. The Kier molecular flexibility index (Phi) is 4.78. The van der Waals surface area contributed by atoms with E-state index in [0.717, 1.165) is 36.9 Å². The number of hydrogen-bond donors (Lipinski definition) is 2. The Morgan fingerprint density at radius 1 is 0.706 bits per heavy atom. The molecule has 6 rings (SSSR count). The molecule has 1 aliphatic rings. The van der Waals surface area contributed by atoms with Crippen LogP contribution in [-0.4, -0.2) is 33.0 Å². The summed E-state index contributed by atoms with van der Waals surface area (Å²) in [5.74, 6) is -0.910. The summed E-state index contributed by atoms with van der Waals surface area (Å²) >= 11 is 3.41. The van der Waals surface area contributed by atoms with E-state index in [4.69, 9.17) is 0 Å². The highest BCUT2D eigenvalue weighted by molar-refractivity contribution is 9.10. The first-order valence-electron chi connectivity index (χ1n) is 10.7. The summed E-state index contributed by atoms with van der Waals surface area (Å²) in [5.41, 5.74) is 4.57. The molecule has 0 atom stereocenters. The number of fused-ring (bicyclic) bond motifs is 2. The molecule has 0 bridgehead atoms. The lowest BCUT2D eigenvalue weighted by Crippen LogP contribution is -2.26. The van der Waals surface area contributed by atoms with Crippen LogP contribution in [0.4, 0.5) is 0 Å². The van der Waals surface area contributed by atoms with Crippen molar-refractivity contribution < 1.29 is 9.59 Å². The molecule has 3 heterocycles. The maximum Gasteiger partial charge on any atom is 0.283 e. The number of benzene rings is 3. The number of aromatic amines is 2. The largest absolute Gasteiger partial charge is 0.361 e. The van der Waals surface area contributed by atoms with Crippen molar-refractivity contribution in [3.8, 4) is 0 Å². The third-order valence-corrected chi connectivity index (χ3v) is 6.50. The van der Waals surface area contributed by atoms with Gasteiger partial charge in [0.05, 0.1) is 17.4 Å². The molecular formula is C27H17BrN4O2. The van der Waals surface area contributed by atoms with Crippen LogP contribution < -0.4 is 0 Å². The minimum absolute atomic E-state index is 0.333. The lowest BCUT2D eigenvalue weighted by Gasteiger charge is -2.07. The Morgan fingerprint density at radius 3 is 1.74 bits per heavy atom. The topological polar surface area (TPSA) is 81.3 Å². The molecule has 0 aliphatic carbocycles. The van der Waals surface area contributed by atoms with E-state index in [0.29, 0.717) is 22.3 Å². The average Bonchev–Trinajstić information content (AvgIpc) is 3.53. The van der Waals surface area contributed by atoms with Crippen molar-refractivity contribution in [1.82, 2.24) is 15.0 Å². The van der Waals surface area contributed by atoms with Gasteiger partial charge >= 0.3 is 0 Å². The van der Waals surface area contributed by atoms with Crippen molar-refractivity contribution in [2.75, 3.05) is 0 Å². The fraction of sp³-hybridized carbons (Fsp3) is 0. The van der Waals surface area contributed by atoms with Gasteiger partial charge in [-0.2, -0.15) is 10.1 Å². The summed E-state index contributed by atoms with van der Waals surface area (Å²) in [5, 5.41) is 6.99. The summed E-state index contributed by atoms with van der Waals surface area (Å²) < 4.78 is 0.933. The fourth-order valence-corrected chi connectivity index (χ4v) is 4.62. The van der Waals surface area contributed by atoms with Crippen LogP contribution in [0.15, 0.2) is 94.8 Å². The Hall–Kier alpha value is -4.23. The monoisotopic (exact) mass is 508 g/mol. The molecule has 7 heteroatoms. The SMILES string of the molecule is O=C1C(c2c[nH]c3ccccc23)=C(c2c[nH]c3ccccc23)C(=O)N1/N=C/c1ccc(Br)cc1. The maximum absolute atomic E-state index is 13.7. The van der Waals surface area contributed by atoms with Crippen LogP contribution in [0.2, 0.25) is 0 Å². The third kappa shape index (κ3) is 3.21. The van der Waals surface area contributed by atoms with E-state index >= 15 is 0 Å². The highest BCUT2D eigenvalue weighted by Gasteiger charge is 2.41. The van der Waals surface area contributed by atoms with Crippen LogP contribution in [0.25, 0.3) is 33.0 Å². The van der Waals surface area contributed by atoms with Crippen molar-refractivity contribution >= 4 is 66.9 Å². The Labute approximate surface area is 202 Å². The molecular weight excluding hydrogens is 492 g/mol. The molecule has 0 fully saturated rings. The molecule has 0 saturated heterocycles. The molecule has 164 valence electrons. The van der Waals surface area contributed by atoms with Gasteiger partial charge < -0.3 is 9.97 Å².